The van der Waals surface area contributed by atoms with Gasteiger partial charge in [0.25, 0.3) is 0 Å². The van der Waals surface area contributed by atoms with Crippen LogP contribution in [0.5, 0.6) is 11.5 Å². The normalized spacial score (nSPS) is 22.9. The molecule has 1 unspecified atom stereocenters. The van der Waals surface area contributed by atoms with Gasteiger partial charge in [-0.25, -0.2) is 8.42 Å². The fourth-order valence-electron chi connectivity index (χ4n) is 2.74. The lowest BCUT2D eigenvalue weighted by atomic mass is 10.2. The maximum Gasteiger partial charge on any atom is 0.247 e. The second-order valence-corrected chi connectivity index (χ2v) is 6.79. The second kappa shape index (κ2) is 5.23. The summed E-state index contributed by atoms with van der Waals surface area (Å²) in [5, 5.41) is 0. The van der Waals surface area contributed by atoms with E-state index >= 15 is 0 Å². The lowest BCUT2D eigenvalue weighted by Crippen LogP contribution is -2.40. The molecule has 2 aliphatic rings. The molecule has 1 aromatic rings. The lowest BCUT2D eigenvalue weighted by molar-refractivity contribution is 0.166. The highest BCUT2D eigenvalue weighted by atomic mass is 32.2. The van der Waals surface area contributed by atoms with Gasteiger partial charge in [-0.1, -0.05) is 6.07 Å². The van der Waals surface area contributed by atoms with Gasteiger partial charge < -0.3 is 15.2 Å². The van der Waals surface area contributed by atoms with E-state index < -0.39 is 10.0 Å². The molecule has 0 radical (unpaired) electrons. The molecule has 1 atom stereocenters. The summed E-state index contributed by atoms with van der Waals surface area (Å²) in [7, 11) is -3.59. The maximum absolute atomic E-state index is 12.8. The number of rotatable bonds is 3. The van der Waals surface area contributed by atoms with Crippen molar-refractivity contribution in [2.45, 2.75) is 23.8 Å². The summed E-state index contributed by atoms with van der Waals surface area (Å²) >= 11 is 0. The summed E-state index contributed by atoms with van der Waals surface area (Å²) in [6, 6.07) is 4.83. The fraction of sp³-hybridized carbons (Fsp3) is 0.538. The highest BCUT2D eigenvalue weighted by Gasteiger charge is 2.37. The van der Waals surface area contributed by atoms with Gasteiger partial charge in [-0.05, 0) is 25.0 Å². The molecule has 3 rings (SSSR count). The zero-order valence-electron chi connectivity index (χ0n) is 11.1. The Balaban J connectivity index is 2.03. The van der Waals surface area contributed by atoms with Crippen LogP contribution in [-0.2, 0) is 10.0 Å². The number of nitrogens with zero attached hydrogens (tertiary/aromatic N) is 1. The fourth-order valence-corrected chi connectivity index (χ4v) is 4.59. The first-order valence-electron chi connectivity index (χ1n) is 6.75. The molecule has 2 aliphatic heterocycles. The van der Waals surface area contributed by atoms with Gasteiger partial charge in [0.1, 0.15) is 18.1 Å². The van der Waals surface area contributed by atoms with Gasteiger partial charge in [-0.15, -0.1) is 0 Å². The van der Waals surface area contributed by atoms with Gasteiger partial charge in [0, 0.05) is 19.1 Å². The zero-order valence-corrected chi connectivity index (χ0v) is 11.9. The van der Waals surface area contributed by atoms with Crippen molar-refractivity contribution in [3.05, 3.63) is 18.2 Å². The Morgan fingerprint density at radius 2 is 2.10 bits per heavy atom. The Labute approximate surface area is 118 Å². The number of hydrogen-bond acceptors (Lipinski definition) is 5. The van der Waals surface area contributed by atoms with E-state index in [1.165, 1.54) is 4.31 Å². The monoisotopic (exact) mass is 298 g/mol. The summed E-state index contributed by atoms with van der Waals surface area (Å²) in [5.41, 5.74) is 5.67. The van der Waals surface area contributed by atoms with Crippen molar-refractivity contribution in [1.82, 2.24) is 4.31 Å². The topological polar surface area (TPSA) is 81.9 Å². The molecule has 7 heteroatoms. The Hall–Kier alpha value is -1.31. The van der Waals surface area contributed by atoms with E-state index in [9.17, 15) is 8.42 Å². The average Bonchev–Trinajstić information content (AvgIpc) is 2.96. The van der Waals surface area contributed by atoms with E-state index in [4.69, 9.17) is 15.2 Å². The van der Waals surface area contributed by atoms with Crippen molar-refractivity contribution in [3.63, 3.8) is 0 Å². The molecule has 1 aromatic carbocycles. The molecule has 0 spiro atoms. The van der Waals surface area contributed by atoms with Crippen LogP contribution < -0.4 is 15.2 Å². The number of ether oxygens (including phenoxy) is 2. The minimum Gasteiger partial charge on any atom is -0.486 e. The molecular weight excluding hydrogens is 280 g/mol. The number of sulfonamides is 1. The van der Waals surface area contributed by atoms with Gasteiger partial charge in [0.15, 0.2) is 11.5 Å². The van der Waals surface area contributed by atoms with Crippen LogP contribution >= 0.6 is 0 Å². The first-order chi connectivity index (χ1) is 9.64. The van der Waals surface area contributed by atoms with Crippen LogP contribution in [0.3, 0.4) is 0 Å². The van der Waals surface area contributed by atoms with Crippen molar-refractivity contribution in [2.75, 3.05) is 26.3 Å². The predicted octanol–water partition coefficient (Wildman–Crippen LogP) is 0.570. The van der Waals surface area contributed by atoms with E-state index in [0.29, 0.717) is 37.8 Å². The zero-order chi connectivity index (χ0) is 14.2. The van der Waals surface area contributed by atoms with Crippen LogP contribution in [0, 0.1) is 0 Å². The van der Waals surface area contributed by atoms with Crippen LogP contribution in [0.4, 0.5) is 0 Å². The van der Waals surface area contributed by atoms with Crippen LogP contribution in [0.25, 0.3) is 0 Å². The number of fused-ring (bicyclic) bond motifs is 1. The first-order valence-corrected chi connectivity index (χ1v) is 8.19. The number of nitrogens with two attached hydrogens (primary N) is 1. The molecule has 0 bridgehead atoms. The van der Waals surface area contributed by atoms with Gasteiger partial charge in [-0.3, -0.25) is 0 Å². The lowest BCUT2D eigenvalue weighted by Gasteiger charge is -2.26. The van der Waals surface area contributed by atoms with Gasteiger partial charge in [0.2, 0.25) is 10.0 Å². The standard InChI is InChI=1S/C13H18N2O4S/c14-9-10-3-2-6-15(10)20(16,17)12-5-1-4-11-13(12)19-8-7-18-11/h1,4-5,10H,2-3,6-9,14H2. The number of benzene rings is 1. The number of para-hydroxylation sites is 1. The van der Waals surface area contributed by atoms with Crippen LogP contribution in [0.1, 0.15) is 12.8 Å². The highest BCUT2D eigenvalue weighted by Crippen LogP contribution is 2.39. The molecule has 0 aliphatic carbocycles. The number of hydrogen-bond donors (Lipinski definition) is 1. The molecule has 1 fully saturated rings. The van der Waals surface area contributed by atoms with Crippen molar-refractivity contribution >= 4 is 10.0 Å². The molecule has 2 N–H and O–H groups in total. The van der Waals surface area contributed by atoms with E-state index in [2.05, 4.69) is 0 Å². The van der Waals surface area contributed by atoms with E-state index in [1.807, 2.05) is 0 Å². The molecule has 0 saturated carbocycles. The largest absolute Gasteiger partial charge is 0.486 e. The molecular formula is C13H18N2O4S. The van der Waals surface area contributed by atoms with E-state index in [0.717, 1.165) is 12.8 Å². The van der Waals surface area contributed by atoms with Crippen molar-refractivity contribution < 1.29 is 17.9 Å². The summed E-state index contributed by atoms with van der Waals surface area (Å²) in [4.78, 5) is 0.176. The van der Waals surface area contributed by atoms with Crippen LogP contribution in [-0.4, -0.2) is 45.1 Å². The highest BCUT2D eigenvalue weighted by molar-refractivity contribution is 7.89. The van der Waals surface area contributed by atoms with E-state index in [-0.39, 0.29) is 10.9 Å². The average molecular weight is 298 g/mol. The predicted molar refractivity (Wildman–Crippen MR) is 73.4 cm³/mol. The van der Waals surface area contributed by atoms with Gasteiger partial charge in [0.05, 0.1) is 0 Å². The first kappa shape index (κ1) is 13.7. The quantitative estimate of drug-likeness (QED) is 0.882. The third kappa shape index (κ3) is 2.15. The summed E-state index contributed by atoms with van der Waals surface area (Å²) in [5.74, 6) is 0.808. The maximum atomic E-state index is 12.8. The Morgan fingerprint density at radius 3 is 2.90 bits per heavy atom. The second-order valence-electron chi connectivity index (χ2n) is 4.93. The SMILES string of the molecule is NCC1CCCN1S(=O)(=O)c1cccc2c1OCCO2. The molecule has 0 amide bonds. The van der Waals surface area contributed by atoms with Gasteiger partial charge in [-0.2, -0.15) is 4.31 Å². The van der Waals surface area contributed by atoms with Crippen LogP contribution in [0.15, 0.2) is 23.1 Å². The molecule has 6 nitrogen and oxygen atoms in total. The Kier molecular flexibility index (Phi) is 3.57. The molecule has 2 heterocycles. The Morgan fingerprint density at radius 1 is 1.30 bits per heavy atom. The minimum absolute atomic E-state index is 0.125. The summed E-state index contributed by atoms with van der Waals surface area (Å²) in [6.45, 7) is 1.64. The molecule has 0 aromatic heterocycles. The van der Waals surface area contributed by atoms with Crippen molar-refractivity contribution in [1.29, 1.82) is 0 Å². The molecule has 20 heavy (non-hydrogen) atoms. The van der Waals surface area contributed by atoms with Crippen LogP contribution in [0.2, 0.25) is 0 Å². The van der Waals surface area contributed by atoms with Gasteiger partial charge >= 0.3 is 0 Å². The van der Waals surface area contributed by atoms with E-state index in [1.54, 1.807) is 18.2 Å². The third-order valence-electron chi connectivity index (χ3n) is 3.71. The smallest absolute Gasteiger partial charge is 0.247 e. The summed E-state index contributed by atoms with van der Waals surface area (Å²) < 4.78 is 38.1. The van der Waals surface area contributed by atoms with Crippen molar-refractivity contribution in [2.24, 2.45) is 5.73 Å². The Bertz CT molecular complexity index is 602. The molecule has 1 saturated heterocycles. The minimum atomic E-state index is -3.59. The molecule has 110 valence electrons. The third-order valence-corrected chi connectivity index (χ3v) is 5.69. The summed E-state index contributed by atoms with van der Waals surface area (Å²) in [6.07, 6.45) is 1.65. The van der Waals surface area contributed by atoms with Crippen molar-refractivity contribution in [3.8, 4) is 11.5 Å².